The number of hydrogen-bond acceptors (Lipinski definition) is 4. The number of carbonyl (C=O) groups is 2. The zero-order chi connectivity index (χ0) is 16.7. The van der Waals surface area contributed by atoms with Crippen LogP contribution in [0.4, 0.5) is 0 Å². The van der Waals surface area contributed by atoms with Gasteiger partial charge in [0.25, 0.3) is 0 Å². The summed E-state index contributed by atoms with van der Waals surface area (Å²) >= 11 is 0. The molecule has 1 aliphatic carbocycles. The van der Waals surface area contributed by atoms with Crippen LogP contribution in [0.15, 0.2) is 12.4 Å². The number of carbonyl (C=O) groups excluding carboxylic acids is 2. The highest BCUT2D eigenvalue weighted by atomic mass is 16.5. The Kier molecular flexibility index (Phi) is 6.68. The molecule has 23 heavy (non-hydrogen) atoms. The minimum absolute atomic E-state index is 0.275. The van der Waals surface area contributed by atoms with Gasteiger partial charge in [-0.3, -0.25) is 9.59 Å². The number of hydrogen-bond donors (Lipinski definition) is 1. The van der Waals surface area contributed by atoms with Crippen molar-refractivity contribution >= 4 is 11.9 Å². The standard InChI is InChI=1S/C18H27NO4/c1-3-5-7-22-17(20)15-9-13-11-19-12-14(13)10-16(15)18(21)23-8-6-4-2/h11-12,15-16,19H,3-10H2,1-2H3. The van der Waals surface area contributed by atoms with Crippen LogP contribution in [0.25, 0.3) is 0 Å². The lowest BCUT2D eigenvalue weighted by Gasteiger charge is -2.28. The van der Waals surface area contributed by atoms with E-state index in [-0.39, 0.29) is 11.9 Å². The van der Waals surface area contributed by atoms with Crippen molar-refractivity contribution in [2.75, 3.05) is 13.2 Å². The molecule has 0 saturated carbocycles. The highest BCUT2D eigenvalue weighted by molar-refractivity contribution is 5.83. The maximum Gasteiger partial charge on any atom is 0.310 e. The fraction of sp³-hybridized carbons (Fsp3) is 0.667. The van der Waals surface area contributed by atoms with Crippen molar-refractivity contribution in [1.29, 1.82) is 0 Å². The van der Waals surface area contributed by atoms with E-state index >= 15 is 0 Å². The monoisotopic (exact) mass is 321 g/mol. The first-order valence-corrected chi connectivity index (χ1v) is 8.65. The van der Waals surface area contributed by atoms with E-state index in [9.17, 15) is 9.59 Å². The van der Waals surface area contributed by atoms with E-state index < -0.39 is 11.8 Å². The summed E-state index contributed by atoms with van der Waals surface area (Å²) in [4.78, 5) is 27.9. The smallest absolute Gasteiger partial charge is 0.310 e. The van der Waals surface area contributed by atoms with Crippen LogP contribution in [0.2, 0.25) is 0 Å². The molecule has 0 aromatic carbocycles. The second-order valence-electron chi connectivity index (χ2n) is 6.17. The highest BCUT2D eigenvalue weighted by Gasteiger charge is 2.40. The summed E-state index contributed by atoms with van der Waals surface area (Å²) in [5, 5.41) is 0. The topological polar surface area (TPSA) is 68.4 Å². The molecule has 128 valence electrons. The SMILES string of the molecule is CCCCOC(=O)C1Cc2c[nH]cc2CC1C(=O)OCCCC. The van der Waals surface area contributed by atoms with Gasteiger partial charge in [0.2, 0.25) is 0 Å². The van der Waals surface area contributed by atoms with Crippen LogP contribution in [0.1, 0.15) is 50.7 Å². The van der Waals surface area contributed by atoms with Crippen molar-refractivity contribution in [2.24, 2.45) is 11.8 Å². The van der Waals surface area contributed by atoms with Gasteiger partial charge in [-0.2, -0.15) is 0 Å². The van der Waals surface area contributed by atoms with Crippen LogP contribution in [0.3, 0.4) is 0 Å². The van der Waals surface area contributed by atoms with Crippen LogP contribution in [0, 0.1) is 11.8 Å². The summed E-state index contributed by atoms with van der Waals surface area (Å²) in [7, 11) is 0. The predicted molar refractivity (Wildman–Crippen MR) is 86.9 cm³/mol. The fourth-order valence-electron chi connectivity index (χ4n) is 2.91. The Morgan fingerprint density at radius 2 is 1.39 bits per heavy atom. The van der Waals surface area contributed by atoms with E-state index in [1.165, 1.54) is 0 Å². The summed E-state index contributed by atoms with van der Waals surface area (Å²) in [5.41, 5.74) is 2.19. The number of fused-ring (bicyclic) bond motifs is 1. The molecule has 5 heteroatoms. The zero-order valence-corrected chi connectivity index (χ0v) is 14.1. The van der Waals surface area contributed by atoms with Crippen molar-refractivity contribution in [2.45, 2.75) is 52.4 Å². The molecule has 0 radical (unpaired) electrons. The number of aromatic amines is 1. The van der Waals surface area contributed by atoms with Gasteiger partial charge in [0.05, 0.1) is 25.0 Å². The Morgan fingerprint density at radius 1 is 0.957 bits per heavy atom. The lowest BCUT2D eigenvalue weighted by Crippen LogP contribution is -2.38. The quantitative estimate of drug-likeness (QED) is 0.590. The molecule has 0 aliphatic heterocycles. The molecular weight excluding hydrogens is 294 g/mol. The predicted octanol–water partition coefficient (Wildman–Crippen LogP) is 3.03. The third kappa shape index (κ3) is 4.60. The van der Waals surface area contributed by atoms with Gasteiger partial charge in [-0.05, 0) is 36.8 Å². The van der Waals surface area contributed by atoms with Gasteiger partial charge in [0.1, 0.15) is 0 Å². The lowest BCUT2D eigenvalue weighted by molar-refractivity contribution is -0.161. The third-order valence-electron chi connectivity index (χ3n) is 4.38. The van der Waals surface area contributed by atoms with Crippen molar-refractivity contribution in [1.82, 2.24) is 4.98 Å². The average Bonchev–Trinajstić information content (AvgIpc) is 3.01. The van der Waals surface area contributed by atoms with E-state index in [4.69, 9.17) is 9.47 Å². The van der Waals surface area contributed by atoms with Gasteiger partial charge in [-0.15, -0.1) is 0 Å². The molecule has 2 rings (SSSR count). The Labute approximate surface area is 137 Å². The number of esters is 2. The van der Waals surface area contributed by atoms with Crippen LogP contribution < -0.4 is 0 Å². The number of ether oxygens (including phenoxy) is 2. The molecule has 1 heterocycles. The Bertz CT molecular complexity index is 478. The van der Waals surface area contributed by atoms with Crippen molar-refractivity contribution in [3.63, 3.8) is 0 Å². The van der Waals surface area contributed by atoms with E-state index in [0.717, 1.165) is 36.8 Å². The molecule has 0 bridgehead atoms. The molecule has 1 aromatic heterocycles. The molecule has 0 amide bonds. The summed E-state index contributed by atoms with van der Waals surface area (Å²) in [6.45, 7) is 4.94. The van der Waals surface area contributed by atoms with Crippen LogP contribution in [-0.4, -0.2) is 30.1 Å². The number of rotatable bonds is 8. The first-order chi connectivity index (χ1) is 11.2. The minimum atomic E-state index is -0.440. The fourth-order valence-corrected chi connectivity index (χ4v) is 2.91. The highest BCUT2D eigenvalue weighted by Crippen LogP contribution is 2.32. The molecule has 0 spiro atoms. The second-order valence-corrected chi connectivity index (χ2v) is 6.17. The van der Waals surface area contributed by atoms with E-state index in [1.807, 2.05) is 12.4 Å². The van der Waals surface area contributed by atoms with Gasteiger partial charge in [0.15, 0.2) is 0 Å². The van der Waals surface area contributed by atoms with Gasteiger partial charge in [0, 0.05) is 12.4 Å². The minimum Gasteiger partial charge on any atom is -0.465 e. The maximum absolute atomic E-state index is 12.4. The Morgan fingerprint density at radius 3 is 1.78 bits per heavy atom. The van der Waals surface area contributed by atoms with Crippen LogP contribution in [0.5, 0.6) is 0 Å². The molecule has 5 nitrogen and oxygen atoms in total. The molecule has 2 unspecified atom stereocenters. The van der Waals surface area contributed by atoms with Gasteiger partial charge < -0.3 is 14.5 Å². The first kappa shape index (κ1) is 17.6. The third-order valence-corrected chi connectivity index (χ3v) is 4.38. The summed E-state index contributed by atoms with van der Waals surface area (Å²) in [5.74, 6) is -1.43. The van der Waals surface area contributed by atoms with E-state index in [1.54, 1.807) is 0 Å². The van der Waals surface area contributed by atoms with Crippen molar-refractivity contribution in [3.8, 4) is 0 Å². The second kappa shape index (κ2) is 8.75. The molecule has 0 saturated heterocycles. The zero-order valence-electron chi connectivity index (χ0n) is 14.1. The Hall–Kier alpha value is -1.78. The molecular formula is C18H27NO4. The maximum atomic E-state index is 12.4. The average molecular weight is 321 g/mol. The lowest BCUT2D eigenvalue weighted by atomic mass is 9.77. The molecule has 0 fully saturated rings. The first-order valence-electron chi connectivity index (χ1n) is 8.65. The summed E-state index contributed by atoms with van der Waals surface area (Å²) < 4.78 is 10.7. The van der Waals surface area contributed by atoms with Gasteiger partial charge in [-0.1, -0.05) is 26.7 Å². The molecule has 2 atom stereocenters. The van der Waals surface area contributed by atoms with Gasteiger partial charge in [-0.25, -0.2) is 0 Å². The van der Waals surface area contributed by atoms with Gasteiger partial charge >= 0.3 is 11.9 Å². The molecule has 1 aromatic rings. The van der Waals surface area contributed by atoms with E-state index in [2.05, 4.69) is 18.8 Å². The summed E-state index contributed by atoms with van der Waals surface area (Å²) in [6.07, 6.45) is 8.53. The Balaban J connectivity index is 2.05. The largest absolute Gasteiger partial charge is 0.465 e. The number of nitrogens with one attached hydrogen (secondary N) is 1. The normalized spacial score (nSPS) is 19.9. The summed E-state index contributed by atoms with van der Waals surface area (Å²) in [6, 6.07) is 0. The van der Waals surface area contributed by atoms with Crippen LogP contribution >= 0.6 is 0 Å². The number of aromatic nitrogens is 1. The van der Waals surface area contributed by atoms with Crippen molar-refractivity contribution < 1.29 is 19.1 Å². The van der Waals surface area contributed by atoms with E-state index in [0.29, 0.717) is 26.1 Å². The number of H-pyrrole nitrogens is 1. The number of unbranched alkanes of at least 4 members (excludes halogenated alkanes) is 2. The van der Waals surface area contributed by atoms with Crippen LogP contribution in [-0.2, 0) is 31.9 Å². The molecule has 1 aliphatic rings. The molecule has 1 N–H and O–H groups in total. The van der Waals surface area contributed by atoms with Crippen molar-refractivity contribution in [3.05, 3.63) is 23.5 Å².